The summed E-state index contributed by atoms with van der Waals surface area (Å²) in [6, 6.07) is 1.67. The molecule has 0 aromatic carbocycles. The highest BCUT2D eigenvalue weighted by Gasteiger charge is 2.23. The maximum absolute atomic E-state index is 11.7. The van der Waals surface area contributed by atoms with Gasteiger partial charge in [-0.25, -0.2) is 0 Å². The van der Waals surface area contributed by atoms with Crippen molar-refractivity contribution < 1.29 is 14.1 Å². The molecule has 104 valence electrons. The summed E-state index contributed by atoms with van der Waals surface area (Å²) in [6.07, 6.45) is 4.05. The molecule has 1 aliphatic carbocycles. The predicted octanol–water partition coefficient (Wildman–Crippen LogP) is 1.62. The van der Waals surface area contributed by atoms with Gasteiger partial charge in [-0.3, -0.25) is 14.9 Å². The van der Waals surface area contributed by atoms with Gasteiger partial charge in [0.15, 0.2) is 5.82 Å². The lowest BCUT2D eigenvalue weighted by Gasteiger charge is -2.26. The summed E-state index contributed by atoms with van der Waals surface area (Å²) >= 11 is 0. The number of nitrogens with zero attached hydrogens (tertiary/aromatic N) is 1. The first-order valence-corrected chi connectivity index (χ1v) is 6.59. The van der Waals surface area contributed by atoms with E-state index in [1.165, 1.54) is 0 Å². The first kappa shape index (κ1) is 13.6. The number of carbonyl (C=O) groups is 2. The van der Waals surface area contributed by atoms with Crippen molar-refractivity contribution in [3.8, 4) is 0 Å². The summed E-state index contributed by atoms with van der Waals surface area (Å²) in [5.74, 6) is 0.235. The van der Waals surface area contributed by atoms with E-state index in [1.54, 1.807) is 13.0 Å². The number of nitrogens with one attached hydrogen (secondary N) is 2. The maximum Gasteiger partial charge on any atom is 0.314 e. The molecule has 19 heavy (non-hydrogen) atoms. The van der Waals surface area contributed by atoms with Crippen LogP contribution in [0.15, 0.2) is 10.6 Å². The van der Waals surface area contributed by atoms with E-state index in [4.69, 9.17) is 4.52 Å². The van der Waals surface area contributed by atoms with E-state index in [0.717, 1.165) is 25.7 Å². The molecule has 2 rings (SSSR count). The second kappa shape index (κ2) is 5.86. The molecule has 0 saturated heterocycles. The topological polar surface area (TPSA) is 84.2 Å². The Balaban J connectivity index is 1.81. The molecule has 1 heterocycles. The van der Waals surface area contributed by atoms with Crippen LogP contribution in [0.25, 0.3) is 0 Å². The Morgan fingerprint density at radius 3 is 2.53 bits per heavy atom. The van der Waals surface area contributed by atoms with Gasteiger partial charge in [0, 0.05) is 12.1 Å². The molecule has 1 aromatic rings. The van der Waals surface area contributed by atoms with Gasteiger partial charge < -0.3 is 9.84 Å². The van der Waals surface area contributed by atoms with Crippen molar-refractivity contribution in [3.05, 3.63) is 11.8 Å². The number of anilines is 1. The molecule has 1 aliphatic rings. The Morgan fingerprint density at radius 1 is 1.26 bits per heavy atom. The third kappa shape index (κ3) is 3.81. The minimum atomic E-state index is -0.702. The average Bonchev–Trinajstić information content (AvgIpc) is 2.77. The van der Waals surface area contributed by atoms with Crippen LogP contribution in [0.5, 0.6) is 0 Å². The predicted molar refractivity (Wildman–Crippen MR) is 69.4 cm³/mol. The number of hydrogen-bond acceptors (Lipinski definition) is 4. The fraction of sp³-hybridized carbons (Fsp3) is 0.615. The zero-order chi connectivity index (χ0) is 13.8. The Hall–Kier alpha value is -1.85. The number of hydrogen-bond donors (Lipinski definition) is 2. The molecular weight excluding hydrogens is 246 g/mol. The van der Waals surface area contributed by atoms with E-state index in [2.05, 4.69) is 22.7 Å². The smallest absolute Gasteiger partial charge is 0.314 e. The molecule has 0 bridgehead atoms. The summed E-state index contributed by atoms with van der Waals surface area (Å²) in [4.78, 5) is 23.4. The third-order valence-electron chi connectivity index (χ3n) is 3.43. The highest BCUT2D eigenvalue weighted by molar-refractivity contribution is 6.39. The summed E-state index contributed by atoms with van der Waals surface area (Å²) in [5, 5.41) is 8.77. The van der Waals surface area contributed by atoms with Gasteiger partial charge in [0.25, 0.3) is 0 Å². The van der Waals surface area contributed by atoms with Gasteiger partial charge >= 0.3 is 11.8 Å². The summed E-state index contributed by atoms with van der Waals surface area (Å²) in [6.45, 7) is 3.92. The number of rotatable bonds is 2. The van der Waals surface area contributed by atoms with Crippen LogP contribution >= 0.6 is 0 Å². The van der Waals surface area contributed by atoms with Crippen molar-refractivity contribution in [2.75, 3.05) is 5.32 Å². The third-order valence-corrected chi connectivity index (χ3v) is 3.43. The minimum absolute atomic E-state index is 0.105. The van der Waals surface area contributed by atoms with Crippen LogP contribution in [0.1, 0.15) is 38.4 Å². The number of aryl methyl sites for hydroxylation is 1. The number of aromatic nitrogens is 1. The summed E-state index contributed by atoms with van der Waals surface area (Å²) < 4.78 is 4.81. The monoisotopic (exact) mass is 265 g/mol. The normalized spacial score (nSPS) is 22.8. The fourth-order valence-corrected chi connectivity index (χ4v) is 2.25. The molecular formula is C13H19N3O3. The Kier molecular flexibility index (Phi) is 4.19. The lowest BCUT2D eigenvalue weighted by atomic mass is 9.87. The zero-order valence-electron chi connectivity index (χ0n) is 11.2. The molecule has 0 radical (unpaired) electrons. The SMILES string of the molecule is Cc1cc(NC(=O)C(=O)NC2CCC(C)CC2)no1. The van der Waals surface area contributed by atoms with Gasteiger partial charge in [-0.15, -0.1) is 0 Å². The lowest BCUT2D eigenvalue weighted by Crippen LogP contribution is -2.43. The lowest BCUT2D eigenvalue weighted by molar-refractivity contribution is -0.136. The van der Waals surface area contributed by atoms with Crippen molar-refractivity contribution in [2.24, 2.45) is 5.92 Å². The number of amides is 2. The molecule has 0 spiro atoms. The van der Waals surface area contributed by atoms with E-state index in [1.807, 2.05) is 0 Å². The Bertz CT molecular complexity index is 461. The zero-order valence-corrected chi connectivity index (χ0v) is 11.2. The van der Waals surface area contributed by atoms with Gasteiger partial charge in [-0.05, 0) is 38.5 Å². The molecule has 0 atom stereocenters. The van der Waals surface area contributed by atoms with Gasteiger partial charge in [0.1, 0.15) is 5.76 Å². The van der Waals surface area contributed by atoms with Crippen LogP contribution in [-0.2, 0) is 9.59 Å². The van der Waals surface area contributed by atoms with Crippen LogP contribution in [-0.4, -0.2) is 23.0 Å². The van der Waals surface area contributed by atoms with Crippen molar-refractivity contribution in [1.82, 2.24) is 10.5 Å². The second-order valence-corrected chi connectivity index (χ2v) is 5.21. The van der Waals surface area contributed by atoms with Crippen molar-refractivity contribution >= 4 is 17.6 Å². The van der Waals surface area contributed by atoms with E-state index >= 15 is 0 Å². The minimum Gasteiger partial charge on any atom is -0.360 e. The Morgan fingerprint density at radius 2 is 1.95 bits per heavy atom. The quantitative estimate of drug-likeness (QED) is 0.796. The first-order valence-electron chi connectivity index (χ1n) is 6.59. The molecule has 6 nitrogen and oxygen atoms in total. The molecule has 0 unspecified atom stereocenters. The van der Waals surface area contributed by atoms with E-state index in [9.17, 15) is 9.59 Å². The summed E-state index contributed by atoms with van der Waals surface area (Å²) in [7, 11) is 0. The molecule has 1 aromatic heterocycles. The standard InChI is InChI=1S/C13H19N3O3/c1-8-3-5-10(6-4-8)14-12(17)13(18)15-11-7-9(2)19-16-11/h7-8,10H,3-6H2,1-2H3,(H,14,17)(H,15,16,18). The van der Waals surface area contributed by atoms with Gasteiger partial charge in [-0.2, -0.15) is 0 Å². The van der Waals surface area contributed by atoms with E-state index in [-0.39, 0.29) is 11.9 Å². The average molecular weight is 265 g/mol. The van der Waals surface area contributed by atoms with Crippen LogP contribution in [0.2, 0.25) is 0 Å². The molecule has 0 aliphatic heterocycles. The van der Waals surface area contributed by atoms with Gasteiger partial charge in [0.2, 0.25) is 0 Å². The Labute approximate surface area is 111 Å². The first-order chi connectivity index (χ1) is 9.04. The largest absolute Gasteiger partial charge is 0.360 e. The molecule has 1 fully saturated rings. The van der Waals surface area contributed by atoms with Crippen molar-refractivity contribution in [1.29, 1.82) is 0 Å². The van der Waals surface area contributed by atoms with Crippen molar-refractivity contribution in [3.63, 3.8) is 0 Å². The van der Waals surface area contributed by atoms with Crippen molar-refractivity contribution in [2.45, 2.75) is 45.6 Å². The van der Waals surface area contributed by atoms with Crippen LogP contribution < -0.4 is 10.6 Å². The summed E-state index contributed by atoms with van der Waals surface area (Å²) in [5.41, 5.74) is 0. The molecule has 2 N–H and O–H groups in total. The van der Waals surface area contributed by atoms with E-state index in [0.29, 0.717) is 11.7 Å². The van der Waals surface area contributed by atoms with Gasteiger partial charge in [-0.1, -0.05) is 12.1 Å². The van der Waals surface area contributed by atoms with Crippen LogP contribution in [0.4, 0.5) is 5.82 Å². The van der Waals surface area contributed by atoms with Crippen LogP contribution in [0.3, 0.4) is 0 Å². The molecule has 1 saturated carbocycles. The highest BCUT2D eigenvalue weighted by atomic mass is 16.5. The molecule has 2 amide bonds. The maximum atomic E-state index is 11.7. The number of carbonyl (C=O) groups excluding carboxylic acids is 2. The fourth-order valence-electron chi connectivity index (χ4n) is 2.25. The second-order valence-electron chi connectivity index (χ2n) is 5.21. The van der Waals surface area contributed by atoms with Gasteiger partial charge in [0.05, 0.1) is 0 Å². The molecule has 6 heteroatoms. The van der Waals surface area contributed by atoms with E-state index < -0.39 is 11.8 Å². The highest BCUT2D eigenvalue weighted by Crippen LogP contribution is 2.23. The van der Waals surface area contributed by atoms with Crippen LogP contribution in [0, 0.1) is 12.8 Å².